The van der Waals surface area contributed by atoms with E-state index >= 15 is 0 Å². The Morgan fingerprint density at radius 3 is 2.61 bits per heavy atom. The van der Waals surface area contributed by atoms with E-state index in [1.54, 1.807) is 0 Å². The molecule has 0 amide bonds. The number of allylic oxidation sites excluding steroid dienone is 1. The number of nitrogens with zero attached hydrogens (tertiary/aromatic N) is 3. The van der Waals surface area contributed by atoms with Crippen molar-refractivity contribution in [2.45, 2.75) is 78.2 Å². The van der Waals surface area contributed by atoms with Gasteiger partial charge in [0.25, 0.3) is 0 Å². The first kappa shape index (κ1) is 19.7. The van der Waals surface area contributed by atoms with Crippen LogP contribution in [-0.4, -0.2) is 29.8 Å². The molecule has 4 rings (SSSR count). The summed E-state index contributed by atoms with van der Waals surface area (Å²) in [6.07, 6.45) is 9.10. The molecule has 6 heteroatoms. The van der Waals surface area contributed by atoms with Crippen LogP contribution in [0.4, 0.5) is 5.69 Å². The molecule has 1 aromatic rings. The summed E-state index contributed by atoms with van der Waals surface area (Å²) in [7, 11) is 0. The van der Waals surface area contributed by atoms with Crippen molar-refractivity contribution in [3.8, 4) is 0 Å². The van der Waals surface area contributed by atoms with Crippen LogP contribution in [0.1, 0.15) is 58.9 Å². The first-order chi connectivity index (χ1) is 13.5. The molecule has 152 valence electrons. The fourth-order valence-corrected chi connectivity index (χ4v) is 5.10. The van der Waals surface area contributed by atoms with Crippen molar-refractivity contribution in [3.63, 3.8) is 0 Å². The number of azo groups is 1. The standard InChI is InChI=1S/C22H31ClN4O/c1-13(2)27-10-9-18(23)20(15-5-7-16(8-6-15)28-14(3)4)21-22(27)17-11-24-25-12-19(17)26-21/h9,12-16,26H,5-8,10-11H2,1-4H3/t15-,16-. The van der Waals surface area contributed by atoms with E-state index in [1.807, 2.05) is 6.20 Å². The van der Waals surface area contributed by atoms with Gasteiger partial charge in [0.1, 0.15) is 0 Å². The third-order valence-corrected chi connectivity index (χ3v) is 6.41. The molecule has 0 bridgehead atoms. The van der Waals surface area contributed by atoms with Gasteiger partial charge >= 0.3 is 0 Å². The number of anilines is 1. The lowest BCUT2D eigenvalue weighted by Crippen LogP contribution is -2.35. The van der Waals surface area contributed by atoms with E-state index in [2.05, 4.69) is 53.9 Å². The SMILES string of the molecule is CC(C)O[C@H]1CC[C@H](C2=c3[nH]c4c(c3N(C(C)C)CC=C2Cl)CN=NC=4)CC1. The van der Waals surface area contributed by atoms with Crippen LogP contribution in [0.2, 0.25) is 0 Å². The Kier molecular flexibility index (Phi) is 5.66. The molecule has 1 saturated carbocycles. The molecule has 0 unspecified atom stereocenters. The van der Waals surface area contributed by atoms with Gasteiger partial charge in [0.2, 0.25) is 0 Å². The van der Waals surface area contributed by atoms with E-state index in [-0.39, 0.29) is 0 Å². The average molecular weight is 403 g/mol. The number of H-pyrrole nitrogens is 1. The lowest BCUT2D eigenvalue weighted by molar-refractivity contribution is -0.0159. The Bertz CT molecular complexity index is 904. The summed E-state index contributed by atoms with van der Waals surface area (Å²) in [5.74, 6) is 0.454. The highest BCUT2D eigenvalue weighted by Gasteiger charge is 2.31. The van der Waals surface area contributed by atoms with Crippen molar-refractivity contribution in [2.24, 2.45) is 16.1 Å². The Morgan fingerprint density at radius 2 is 1.93 bits per heavy atom. The first-order valence-corrected chi connectivity index (χ1v) is 10.9. The number of nitrogens with one attached hydrogen (secondary N) is 1. The van der Waals surface area contributed by atoms with Crippen LogP contribution in [0, 0.1) is 5.92 Å². The maximum Gasteiger partial charge on any atom is 0.0895 e. The quantitative estimate of drug-likeness (QED) is 0.820. The molecule has 0 spiro atoms. The van der Waals surface area contributed by atoms with Crippen molar-refractivity contribution < 1.29 is 4.74 Å². The molecule has 0 atom stereocenters. The fraction of sp³-hybridized carbons (Fsp3) is 0.636. The Labute approximate surface area is 172 Å². The van der Waals surface area contributed by atoms with Crippen LogP contribution in [0.5, 0.6) is 0 Å². The molecule has 3 heterocycles. The number of rotatable bonds is 4. The zero-order valence-electron chi connectivity index (χ0n) is 17.3. The van der Waals surface area contributed by atoms with E-state index in [0.717, 1.165) is 42.6 Å². The predicted octanol–water partition coefficient (Wildman–Crippen LogP) is 4.20. The minimum atomic E-state index is 0.292. The van der Waals surface area contributed by atoms with Gasteiger partial charge in [-0.15, -0.1) is 0 Å². The summed E-state index contributed by atoms with van der Waals surface area (Å²) in [5.41, 5.74) is 3.78. The highest BCUT2D eigenvalue weighted by atomic mass is 35.5. The van der Waals surface area contributed by atoms with Crippen LogP contribution in [0.25, 0.3) is 11.8 Å². The van der Waals surface area contributed by atoms with Gasteiger partial charge in [-0.25, -0.2) is 0 Å². The number of fused-ring (bicyclic) bond motifs is 3. The van der Waals surface area contributed by atoms with Gasteiger partial charge in [-0.3, -0.25) is 0 Å². The zero-order chi connectivity index (χ0) is 19.8. The lowest BCUT2D eigenvalue weighted by Gasteiger charge is -2.31. The topological polar surface area (TPSA) is 53.0 Å². The maximum absolute atomic E-state index is 6.89. The predicted molar refractivity (Wildman–Crippen MR) is 115 cm³/mol. The van der Waals surface area contributed by atoms with Gasteiger partial charge in [-0.1, -0.05) is 11.6 Å². The average Bonchev–Trinajstić information content (AvgIpc) is 2.95. The smallest absolute Gasteiger partial charge is 0.0895 e. The number of aromatic amines is 1. The van der Waals surface area contributed by atoms with Crippen LogP contribution >= 0.6 is 11.6 Å². The summed E-state index contributed by atoms with van der Waals surface area (Å²) in [5, 5.41) is 11.5. The van der Waals surface area contributed by atoms with Crippen molar-refractivity contribution in [2.75, 3.05) is 11.4 Å². The second-order valence-corrected chi connectivity index (χ2v) is 9.06. The van der Waals surface area contributed by atoms with Crippen LogP contribution in [0.3, 0.4) is 0 Å². The number of halogens is 1. The van der Waals surface area contributed by atoms with E-state index < -0.39 is 0 Å². The Hall–Kier alpha value is -1.59. The second kappa shape index (κ2) is 8.03. The van der Waals surface area contributed by atoms with E-state index in [1.165, 1.54) is 22.2 Å². The molecule has 28 heavy (non-hydrogen) atoms. The third kappa shape index (κ3) is 3.67. The first-order valence-electron chi connectivity index (χ1n) is 10.6. The Balaban J connectivity index is 1.78. The molecule has 1 aromatic heterocycles. The monoisotopic (exact) mass is 402 g/mol. The van der Waals surface area contributed by atoms with Gasteiger partial charge < -0.3 is 14.6 Å². The van der Waals surface area contributed by atoms with Gasteiger partial charge in [-0.2, -0.15) is 10.2 Å². The summed E-state index contributed by atoms with van der Waals surface area (Å²) in [6.45, 7) is 10.2. The molecule has 1 aliphatic carbocycles. The largest absolute Gasteiger partial charge is 0.376 e. The molecule has 5 nitrogen and oxygen atoms in total. The number of aromatic nitrogens is 1. The third-order valence-electron chi connectivity index (χ3n) is 6.06. The van der Waals surface area contributed by atoms with Crippen molar-refractivity contribution >= 4 is 29.1 Å². The molecular formula is C22H31ClN4O. The van der Waals surface area contributed by atoms with Crippen molar-refractivity contribution in [1.82, 2.24) is 4.98 Å². The normalized spacial score (nSPS) is 24.8. The van der Waals surface area contributed by atoms with Crippen LogP contribution in [0.15, 0.2) is 21.3 Å². The molecule has 0 saturated heterocycles. The van der Waals surface area contributed by atoms with Crippen LogP contribution < -0.4 is 15.6 Å². The van der Waals surface area contributed by atoms with E-state index in [4.69, 9.17) is 16.3 Å². The second-order valence-electron chi connectivity index (χ2n) is 8.66. The minimum Gasteiger partial charge on any atom is -0.376 e. The van der Waals surface area contributed by atoms with Crippen molar-refractivity contribution in [1.29, 1.82) is 0 Å². The van der Waals surface area contributed by atoms with E-state index in [0.29, 0.717) is 30.7 Å². The molecule has 0 radical (unpaired) electrons. The highest BCUT2D eigenvalue weighted by molar-refractivity contribution is 6.36. The summed E-state index contributed by atoms with van der Waals surface area (Å²) in [4.78, 5) is 6.09. The lowest BCUT2D eigenvalue weighted by atomic mass is 9.81. The molecule has 3 aliphatic rings. The fourth-order valence-electron chi connectivity index (χ4n) is 4.78. The summed E-state index contributed by atoms with van der Waals surface area (Å²) in [6, 6.07) is 0.382. The number of hydrogen-bond acceptors (Lipinski definition) is 4. The Morgan fingerprint density at radius 1 is 1.18 bits per heavy atom. The highest BCUT2D eigenvalue weighted by Crippen LogP contribution is 2.38. The van der Waals surface area contributed by atoms with Gasteiger partial charge in [0, 0.05) is 23.2 Å². The molecular weight excluding hydrogens is 372 g/mol. The molecule has 1 fully saturated rings. The minimum absolute atomic E-state index is 0.292. The zero-order valence-corrected chi connectivity index (χ0v) is 18.1. The van der Waals surface area contributed by atoms with E-state index in [9.17, 15) is 0 Å². The maximum atomic E-state index is 6.89. The number of hydrogen-bond donors (Lipinski definition) is 1. The molecule has 2 aliphatic heterocycles. The number of ether oxygens (including phenoxy) is 1. The summed E-state index contributed by atoms with van der Waals surface area (Å²) >= 11 is 6.89. The van der Waals surface area contributed by atoms with Gasteiger partial charge in [0.15, 0.2) is 0 Å². The van der Waals surface area contributed by atoms with Crippen molar-refractivity contribution in [3.05, 3.63) is 27.4 Å². The van der Waals surface area contributed by atoms with Gasteiger partial charge in [-0.05, 0) is 70.9 Å². The summed E-state index contributed by atoms with van der Waals surface area (Å²) < 4.78 is 6.06. The molecule has 0 aromatic carbocycles. The van der Waals surface area contributed by atoms with Crippen LogP contribution in [-0.2, 0) is 11.3 Å². The molecule has 1 N–H and O–H groups in total. The van der Waals surface area contributed by atoms with Gasteiger partial charge in [0.05, 0.1) is 41.3 Å².